The van der Waals surface area contributed by atoms with Crippen molar-refractivity contribution in [1.82, 2.24) is 0 Å². The summed E-state index contributed by atoms with van der Waals surface area (Å²) in [5.41, 5.74) is 2.18. The normalized spacial score (nSPS) is 12.2. The van der Waals surface area contributed by atoms with Gasteiger partial charge >= 0.3 is 0 Å². The van der Waals surface area contributed by atoms with Crippen molar-refractivity contribution in [3.05, 3.63) is 77.9 Å². The van der Waals surface area contributed by atoms with Crippen LogP contribution in [-0.2, 0) is 6.61 Å². The third kappa shape index (κ3) is 4.43. The van der Waals surface area contributed by atoms with Gasteiger partial charge in [0.05, 0.1) is 7.11 Å². The summed E-state index contributed by atoms with van der Waals surface area (Å²) in [6.45, 7) is 1.38. The van der Waals surface area contributed by atoms with E-state index in [4.69, 9.17) is 18.9 Å². The first kappa shape index (κ1) is 18.7. The Morgan fingerprint density at radius 3 is 2.52 bits per heavy atom. The van der Waals surface area contributed by atoms with Crippen molar-refractivity contribution in [2.24, 2.45) is 0 Å². The SMILES string of the molecule is COc1cc(C(=O)Nc2ccc(OCc3ccccc3)cc2)cc2c1OCCO2. The van der Waals surface area contributed by atoms with E-state index in [0.29, 0.717) is 48.3 Å². The number of hydrogen-bond donors (Lipinski definition) is 1. The van der Waals surface area contributed by atoms with Gasteiger partial charge in [-0.15, -0.1) is 0 Å². The van der Waals surface area contributed by atoms with Crippen molar-refractivity contribution in [2.45, 2.75) is 6.61 Å². The first-order valence-corrected chi connectivity index (χ1v) is 9.29. The van der Waals surface area contributed by atoms with Gasteiger partial charge in [0.2, 0.25) is 5.75 Å². The average Bonchev–Trinajstić information content (AvgIpc) is 2.78. The van der Waals surface area contributed by atoms with Gasteiger partial charge in [-0.25, -0.2) is 0 Å². The van der Waals surface area contributed by atoms with Crippen LogP contribution in [0.2, 0.25) is 0 Å². The fourth-order valence-electron chi connectivity index (χ4n) is 2.98. The molecule has 6 heteroatoms. The van der Waals surface area contributed by atoms with Crippen molar-refractivity contribution in [1.29, 1.82) is 0 Å². The zero-order valence-electron chi connectivity index (χ0n) is 16.0. The van der Waals surface area contributed by atoms with E-state index >= 15 is 0 Å². The Balaban J connectivity index is 1.42. The van der Waals surface area contributed by atoms with E-state index in [1.165, 1.54) is 7.11 Å². The van der Waals surface area contributed by atoms with E-state index in [1.54, 1.807) is 24.3 Å². The summed E-state index contributed by atoms with van der Waals surface area (Å²) in [5.74, 6) is 1.96. The number of fused-ring (bicyclic) bond motifs is 1. The molecule has 148 valence electrons. The van der Waals surface area contributed by atoms with E-state index in [2.05, 4.69) is 5.32 Å². The van der Waals surface area contributed by atoms with Crippen LogP contribution in [0.4, 0.5) is 5.69 Å². The molecule has 1 N–H and O–H groups in total. The van der Waals surface area contributed by atoms with Gasteiger partial charge in [0.1, 0.15) is 25.6 Å². The lowest BCUT2D eigenvalue weighted by molar-refractivity contribution is 0.102. The van der Waals surface area contributed by atoms with Crippen molar-refractivity contribution < 1.29 is 23.7 Å². The van der Waals surface area contributed by atoms with Gasteiger partial charge < -0.3 is 24.3 Å². The summed E-state index contributed by atoms with van der Waals surface area (Å²) >= 11 is 0. The summed E-state index contributed by atoms with van der Waals surface area (Å²) in [6, 6.07) is 20.5. The van der Waals surface area contributed by atoms with Crippen LogP contribution >= 0.6 is 0 Å². The first-order valence-electron chi connectivity index (χ1n) is 9.29. The van der Waals surface area contributed by atoms with Crippen LogP contribution in [0.15, 0.2) is 66.7 Å². The lowest BCUT2D eigenvalue weighted by Gasteiger charge is -2.21. The standard InChI is InChI=1S/C23H21NO5/c1-26-20-13-17(14-21-22(20)28-12-11-27-21)23(25)24-18-7-9-19(10-8-18)29-15-16-5-3-2-4-6-16/h2-10,13-14H,11-12,15H2,1H3,(H,24,25). The second kappa shape index (κ2) is 8.56. The molecule has 0 saturated carbocycles. The van der Waals surface area contributed by atoms with Crippen LogP contribution in [0.1, 0.15) is 15.9 Å². The van der Waals surface area contributed by atoms with Crippen LogP contribution in [-0.4, -0.2) is 26.2 Å². The molecule has 0 unspecified atom stereocenters. The fourth-order valence-corrected chi connectivity index (χ4v) is 2.98. The van der Waals surface area contributed by atoms with Crippen LogP contribution in [0, 0.1) is 0 Å². The third-order valence-electron chi connectivity index (χ3n) is 4.45. The fraction of sp³-hybridized carbons (Fsp3) is 0.174. The van der Waals surface area contributed by atoms with E-state index in [1.807, 2.05) is 42.5 Å². The molecule has 0 fully saturated rings. The second-order valence-corrected chi connectivity index (χ2v) is 6.46. The molecule has 1 aliphatic heterocycles. The van der Waals surface area contributed by atoms with Gasteiger partial charge in [0, 0.05) is 11.3 Å². The van der Waals surface area contributed by atoms with Crippen molar-refractivity contribution in [2.75, 3.05) is 25.6 Å². The predicted molar refractivity (Wildman–Crippen MR) is 109 cm³/mol. The Kier molecular flexibility index (Phi) is 5.52. The minimum absolute atomic E-state index is 0.266. The number of rotatable bonds is 6. The van der Waals surface area contributed by atoms with Crippen molar-refractivity contribution in [3.63, 3.8) is 0 Å². The predicted octanol–water partition coefficient (Wildman–Crippen LogP) is 4.30. The molecule has 0 bridgehead atoms. The number of benzene rings is 3. The number of ether oxygens (including phenoxy) is 4. The molecule has 1 aliphatic rings. The lowest BCUT2D eigenvalue weighted by atomic mass is 10.1. The number of carbonyl (C=O) groups is 1. The van der Waals surface area contributed by atoms with Crippen molar-refractivity contribution >= 4 is 11.6 Å². The Morgan fingerprint density at radius 2 is 1.76 bits per heavy atom. The maximum Gasteiger partial charge on any atom is 0.255 e. The molecular weight excluding hydrogens is 370 g/mol. The van der Waals surface area contributed by atoms with Crippen LogP contribution in [0.25, 0.3) is 0 Å². The molecule has 0 atom stereocenters. The largest absolute Gasteiger partial charge is 0.493 e. The Bertz CT molecular complexity index is 969. The van der Waals surface area contributed by atoms with Gasteiger partial charge in [-0.05, 0) is 42.0 Å². The van der Waals surface area contributed by atoms with Crippen LogP contribution < -0.4 is 24.3 Å². The molecule has 4 rings (SSSR count). The first-order chi connectivity index (χ1) is 14.2. The lowest BCUT2D eigenvalue weighted by Crippen LogP contribution is -2.18. The smallest absolute Gasteiger partial charge is 0.255 e. The number of anilines is 1. The molecule has 0 aliphatic carbocycles. The quantitative estimate of drug-likeness (QED) is 0.679. The summed E-state index contributed by atoms with van der Waals surface area (Å²) in [6.07, 6.45) is 0. The highest BCUT2D eigenvalue weighted by molar-refractivity contribution is 6.05. The third-order valence-corrected chi connectivity index (χ3v) is 4.45. The summed E-state index contributed by atoms with van der Waals surface area (Å²) in [4.78, 5) is 12.7. The molecule has 6 nitrogen and oxygen atoms in total. The van der Waals surface area contributed by atoms with Gasteiger partial charge in [-0.1, -0.05) is 30.3 Å². The molecule has 0 radical (unpaired) electrons. The Labute approximate surface area is 169 Å². The van der Waals surface area contributed by atoms with E-state index < -0.39 is 0 Å². The number of nitrogens with one attached hydrogen (secondary N) is 1. The second-order valence-electron chi connectivity index (χ2n) is 6.46. The number of methoxy groups -OCH3 is 1. The van der Waals surface area contributed by atoms with Gasteiger partial charge in [-0.3, -0.25) is 4.79 Å². The maximum atomic E-state index is 12.7. The van der Waals surface area contributed by atoms with Gasteiger partial charge in [-0.2, -0.15) is 0 Å². The zero-order valence-corrected chi connectivity index (χ0v) is 16.0. The molecular formula is C23H21NO5. The molecule has 3 aromatic rings. The van der Waals surface area contributed by atoms with Gasteiger partial charge in [0.15, 0.2) is 11.5 Å². The Morgan fingerprint density at radius 1 is 1.00 bits per heavy atom. The van der Waals surface area contributed by atoms with Crippen LogP contribution in [0.5, 0.6) is 23.0 Å². The highest BCUT2D eigenvalue weighted by Crippen LogP contribution is 2.40. The summed E-state index contributed by atoms with van der Waals surface area (Å²) in [5, 5.41) is 2.87. The maximum absolute atomic E-state index is 12.7. The molecule has 0 saturated heterocycles. The molecule has 29 heavy (non-hydrogen) atoms. The number of carbonyl (C=O) groups excluding carboxylic acids is 1. The average molecular weight is 391 g/mol. The van der Waals surface area contributed by atoms with Crippen molar-refractivity contribution in [3.8, 4) is 23.0 Å². The minimum atomic E-state index is -0.266. The summed E-state index contributed by atoms with van der Waals surface area (Å²) in [7, 11) is 1.53. The highest BCUT2D eigenvalue weighted by Gasteiger charge is 2.21. The van der Waals surface area contributed by atoms with Gasteiger partial charge in [0.25, 0.3) is 5.91 Å². The topological polar surface area (TPSA) is 66.0 Å². The molecule has 1 amide bonds. The van der Waals surface area contributed by atoms with E-state index in [0.717, 1.165) is 11.3 Å². The molecule has 1 heterocycles. The number of amides is 1. The molecule has 3 aromatic carbocycles. The number of hydrogen-bond acceptors (Lipinski definition) is 5. The zero-order chi connectivity index (χ0) is 20.1. The monoisotopic (exact) mass is 391 g/mol. The van der Waals surface area contributed by atoms with E-state index in [-0.39, 0.29) is 5.91 Å². The Hall–Kier alpha value is -3.67. The highest BCUT2D eigenvalue weighted by atomic mass is 16.6. The summed E-state index contributed by atoms with van der Waals surface area (Å²) < 4.78 is 22.3. The minimum Gasteiger partial charge on any atom is -0.493 e. The molecule has 0 aromatic heterocycles. The van der Waals surface area contributed by atoms with Crippen LogP contribution in [0.3, 0.4) is 0 Å². The van der Waals surface area contributed by atoms with E-state index in [9.17, 15) is 4.79 Å². The molecule has 0 spiro atoms.